The number of ether oxygens (including phenoxy) is 1. The van der Waals surface area contributed by atoms with E-state index in [4.69, 9.17) is 16.3 Å². The van der Waals surface area contributed by atoms with Crippen molar-refractivity contribution in [2.75, 3.05) is 5.32 Å². The molecule has 0 aliphatic rings. The Kier molecular flexibility index (Phi) is 7.16. The fourth-order valence-electron chi connectivity index (χ4n) is 2.98. The SMILES string of the molecule is Cc1cc(Br)ccc1Oc1cc(C)c(NC(=O)NC(=O)c2c(F)cccc2F)c(Cl)c1C. The molecule has 0 aliphatic heterocycles. The average molecular weight is 524 g/mol. The van der Waals surface area contributed by atoms with Crippen molar-refractivity contribution in [2.45, 2.75) is 20.8 Å². The number of amides is 3. The number of imide groups is 1. The van der Waals surface area contributed by atoms with E-state index < -0.39 is 29.1 Å². The molecule has 0 aliphatic carbocycles. The van der Waals surface area contributed by atoms with Crippen LogP contribution in [0.15, 0.2) is 46.9 Å². The summed E-state index contributed by atoms with van der Waals surface area (Å²) in [6.07, 6.45) is 0. The molecule has 0 aromatic heterocycles. The van der Waals surface area contributed by atoms with Gasteiger partial charge in [-0.3, -0.25) is 10.1 Å². The summed E-state index contributed by atoms with van der Waals surface area (Å²) in [4.78, 5) is 24.4. The Morgan fingerprint density at radius 2 is 1.62 bits per heavy atom. The molecular weight excluding hydrogens is 506 g/mol. The highest BCUT2D eigenvalue weighted by Gasteiger charge is 2.21. The summed E-state index contributed by atoms with van der Waals surface area (Å²) in [6.45, 7) is 5.31. The van der Waals surface area contributed by atoms with E-state index >= 15 is 0 Å². The third-order valence-corrected chi connectivity index (χ3v) is 5.64. The summed E-state index contributed by atoms with van der Waals surface area (Å²) < 4.78 is 34.4. The van der Waals surface area contributed by atoms with Gasteiger partial charge in [0.05, 0.1) is 10.7 Å². The summed E-state index contributed by atoms with van der Waals surface area (Å²) in [6, 6.07) is 9.24. The molecule has 0 spiro atoms. The zero-order valence-electron chi connectivity index (χ0n) is 17.3. The van der Waals surface area contributed by atoms with E-state index in [0.717, 1.165) is 28.2 Å². The van der Waals surface area contributed by atoms with E-state index in [2.05, 4.69) is 21.2 Å². The number of halogens is 4. The topological polar surface area (TPSA) is 67.4 Å². The van der Waals surface area contributed by atoms with Crippen LogP contribution in [0.5, 0.6) is 11.5 Å². The number of urea groups is 1. The lowest BCUT2D eigenvalue weighted by atomic mass is 10.1. The van der Waals surface area contributed by atoms with Gasteiger partial charge >= 0.3 is 6.03 Å². The number of carbonyl (C=O) groups excluding carboxylic acids is 2. The second kappa shape index (κ2) is 9.67. The molecule has 0 unspecified atom stereocenters. The number of hydrogen-bond donors (Lipinski definition) is 2. The van der Waals surface area contributed by atoms with Crippen LogP contribution in [0, 0.1) is 32.4 Å². The lowest BCUT2D eigenvalue weighted by Crippen LogP contribution is -2.35. The smallest absolute Gasteiger partial charge is 0.326 e. The molecule has 3 aromatic carbocycles. The van der Waals surface area contributed by atoms with Crippen LogP contribution in [0.1, 0.15) is 27.0 Å². The number of anilines is 1. The molecule has 0 radical (unpaired) electrons. The molecule has 5 nitrogen and oxygen atoms in total. The molecular formula is C23H18BrClF2N2O3. The fraction of sp³-hybridized carbons (Fsp3) is 0.130. The minimum atomic E-state index is -1.21. The molecule has 3 aromatic rings. The third-order valence-electron chi connectivity index (χ3n) is 4.67. The highest BCUT2D eigenvalue weighted by molar-refractivity contribution is 9.10. The van der Waals surface area contributed by atoms with Crippen molar-refractivity contribution in [2.24, 2.45) is 0 Å². The Balaban J connectivity index is 1.81. The molecule has 0 saturated heterocycles. The monoisotopic (exact) mass is 522 g/mol. The zero-order valence-corrected chi connectivity index (χ0v) is 19.6. The van der Waals surface area contributed by atoms with Gasteiger partial charge in [0.25, 0.3) is 5.91 Å². The fourth-order valence-corrected chi connectivity index (χ4v) is 3.74. The van der Waals surface area contributed by atoms with Crippen molar-refractivity contribution >= 4 is 45.2 Å². The van der Waals surface area contributed by atoms with Crippen molar-refractivity contribution in [3.8, 4) is 11.5 Å². The molecule has 0 heterocycles. The van der Waals surface area contributed by atoms with Gasteiger partial charge in [0, 0.05) is 10.0 Å². The van der Waals surface area contributed by atoms with Crippen molar-refractivity contribution in [1.82, 2.24) is 5.32 Å². The normalized spacial score (nSPS) is 10.6. The molecule has 0 bridgehead atoms. The molecule has 9 heteroatoms. The number of rotatable bonds is 4. The lowest BCUT2D eigenvalue weighted by molar-refractivity contribution is 0.0959. The van der Waals surface area contributed by atoms with E-state index in [0.29, 0.717) is 22.6 Å². The number of carbonyl (C=O) groups is 2. The first kappa shape index (κ1) is 23.7. The second-order valence-electron chi connectivity index (χ2n) is 7.02. The maximum atomic E-state index is 13.8. The van der Waals surface area contributed by atoms with Crippen molar-refractivity contribution in [3.05, 3.63) is 85.8 Å². The van der Waals surface area contributed by atoms with Gasteiger partial charge in [-0.2, -0.15) is 0 Å². The van der Waals surface area contributed by atoms with Gasteiger partial charge < -0.3 is 10.1 Å². The first-order valence-electron chi connectivity index (χ1n) is 9.38. The summed E-state index contributed by atoms with van der Waals surface area (Å²) >= 11 is 9.85. The Labute approximate surface area is 196 Å². The van der Waals surface area contributed by atoms with Crippen LogP contribution in [0.3, 0.4) is 0 Å². The van der Waals surface area contributed by atoms with Gasteiger partial charge in [0.1, 0.15) is 28.7 Å². The first-order valence-corrected chi connectivity index (χ1v) is 10.6. The Morgan fingerprint density at radius 3 is 2.25 bits per heavy atom. The van der Waals surface area contributed by atoms with Crippen LogP contribution < -0.4 is 15.4 Å². The number of hydrogen-bond acceptors (Lipinski definition) is 3. The number of aryl methyl sites for hydroxylation is 2. The van der Waals surface area contributed by atoms with E-state index in [1.807, 2.05) is 30.4 Å². The van der Waals surface area contributed by atoms with Crippen LogP contribution in [-0.2, 0) is 0 Å². The van der Waals surface area contributed by atoms with Gasteiger partial charge in [-0.15, -0.1) is 0 Å². The van der Waals surface area contributed by atoms with Crippen molar-refractivity contribution < 1.29 is 23.1 Å². The van der Waals surface area contributed by atoms with Gasteiger partial charge in [0.2, 0.25) is 0 Å². The van der Waals surface area contributed by atoms with E-state index in [1.54, 1.807) is 19.9 Å². The zero-order chi connectivity index (χ0) is 23.6. The molecule has 2 N–H and O–H groups in total. The maximum absolute atomic E-state index is 13.8. The molecule has 166 valence electrons. The average Bonchev–Trinajstić information content (AvgIpc) is 2.71. The third kappa shape index (κ3) is 5.08. The summed E-state index contributed by atoms with van der Waals surface area (Å²) in [5.74, 6) is -2.24. The quantitative estimate of drug-likeness (QED) is 0.385. The van der Waals surface area contributed by atoms with Crippen LogP contribution in [0.4, 0.5) is 19.3 Å². The lowest BCUT2D eigenvalue weighted by Gasteiger charge is -2.17. The Hall–Kier alpha value is -2.97. The van der Waals surface area contributed by atoms with Crippen molar-refractivity contribution in [3.63, 3.8) is 0 Å². The minimum absolute atomic E-state index is 0.203. The van der Waals surface area contributed by atoms with Crippen molar-refractivity contribution in [1.29, 1.82) is 0 Å². The predicted octanol–water partition coefficient (Wildman–Crippen LogP) is 7.06. The van der Waals surface area contributed by atoms with Crippen LogP contribution in [0.2, 0.25) is 5.02 Å². The first-order chi connectivity index (χ1) is 15.1. The van der Waals surface area contributed by atoms with E-state index in [-0.39, 0.29) is 10.7 Å². The minimum Gasteiger partial charge on any atom is -0.457 e. The summed E-state index contributed by atoms with van der Waals surface area (Å²) in [5, 5.41) is 4.57. The largest absolute Gasteiger partial charge is 0.457 e. The second-order valence-corrected chi connectivity index (χ2v) is 8.32. The Morgan fingerprint density at radius 1 is 0.969 bits per heavy atom. The van der Waals surface area contributed by atoms with Gasteiger partial charge in [-0.05, 0) is 68.3 Å². The summed E-state index contributed by atoms with van der Waals surface area (Å²) in [5.41, 5.74) is 1.41. The van der Waals surface area contributed by atoms with Gasteiger partial charge in [0.15, 0.2) is 0 Å². The highest BCUT2D eigenvalue weighted by Crippen LogP contribution is 2.38. The molecule has 0 saturated carbocycles. The van der Waals surface area contributed by atoms with Gasteiger partial charge in [-0.1, -0.05) is 33.6 Å². The van der Waals surface area contributed by atoms with E-state index in [9.17, 15) is 18.4 Å². The maximum Gasteiger partial charge on any atom is 0.326 e. The molecule has 3 amide bonds. The molecule has 0 atom stereocenters. The molecule has 32 heavy (non-hydrogen) atoms. The molecule has 0 fully saturated rings. The van der Waals surface area contributed by atoms with Crippen LogP contribution in [0.25, 0.3) is 0 Å². The van der Waals surface area contributed by atoms with E-state index in [1.165, 1.54) is 0 Å². The molecule has 3 rings (SSSR count). The number of nitrogens with one attached hydrogen (secondary N) is 2. The highest BCUT2D eigenvalue weighted by atomic mass is 79.9. The summed E-state index contributed by atoms with van der Waals surface area (Å²) in [7, 11) is 0. The predicted molar refractivity (Wildman–Crippen MR) is 123 cm³/mol. The van der Waals surface area contributed by atoms with Crippen LogP contribution in [-0.4, -0.2) is 11.9 Å². The van der Waals surface area contributed by atoms with Crippen LogP contribution >= 0.6 is 27.5 Å². The van der Waals surface area contributed by atoms with Gasteiger partial charge in [-0.25, -0.2) is 13.6 Å². The Bertz CT molecular complexity index is 1210. The standard InChI is InChI=1S/C23H18BrClF2N2O3/c1-11-9-14(24)7-8-17(11)32-18-10-12(2)21(20(25)13(18)3)28-23(31)29-22(30)19-15(26)5-4-6-16(19)27/h4-10H,1-3H3,(H2,28,29,30,31). The number of benzene rings is 3.